The third-order valence-electron chi connectivity index (χ3n) is 4.25. The normalized spacial score (nSPS) is 10.6. The van der Waals surface area contributed by atoms with E-state index in [9.17, 15) is 20.2 Å². The van der Waals surface area contributed by atoms with E-state index in [0.717, 1.165) is 0 Å². The summed E-state index contributed by atoms with van der Waals surface area (Å²) in [6.07, 6.45) is 0. The van der Waals surface area contributed by atoms with Crippen molar-refractivity contribution in [2.24, 2.45) is 0 Å². The first-order valence-electron chi connectivity index (χ1n) is 8.84. The van der Waals surface area contributed by atoms with Gasteiger partial charge in [-0.2, -0.15) is 5.26 Å². The van der Waals surface area contributed by atoms with Crippen molar-refractivity contribution in [1.29, 1.82) is 5.26 Å². The number of nitro groups is 1. The van der Waals surface area contributed by atoms with Crippen molar-refractivity contribution >= 4 is 16.6 Å². The Kier molecular flexibility index (Phi) is 6.19. The highest BCUT2D eigenvalue weighted by molar-refractivity contribution is 5.83. The molecule has 0 saturated heterocycles. The first kappa shape index (κ1) is 20.0. The molecule has 0 aliphatic rings. The van der Waals surface area contributed by atoms with Crippen LogP contribution in [0, 0.1) is 21.4 Å². The summed E-state index contributed by atoms with van der Waals surface area (Å²) < 4.78 is 7.03. The van der Waals surface area contributed by atoms with Crippen LogP contribution in [0.15, 0.2) is 53.3 Å². The summed E-state index contributed by atoms with van der Waals surface area (Å²) >= 11 is 0. The minimum Gasteiger partial charge on any atom is -0.492 e. The molecule has 3 aromatic rings. The summed E-state index contributed by atoms with van der Waals surface area (Å²) in [6.45, 7) is 1.42. The fourth-order valence-corrected chi connectivity index (χ4v) is 2.88. The molecule has 0 amide bonds. The number of pyridine rings is 1. The maximum Gasteiger partial charge on any atom is 0.273 e. The van der Waals surface area contributed by atoms with E-state index in [1.807, 2.05) is 6.07 Å². The van der Waals surface area contributed by atoms with Gasteiger partial charge in [0, 0.05) is 42.4 Å². The van der Waals surface area contributed by atoms with Gasteiger partial charge in [0.25, 0.3) is 11.2 Å². The number of hydrogen-bond acceptors (Lipinski definition) is 7. The third-order valence-corrected chi connectivity index (χ3v) is 4.25. The Morgan fingerprint density at radius 1 is 1.17 bits per heavy atom. The van der Waals surface area contributed by atoms with Crippen LogP contribution >= 0.6 is 0 Å². The van der Waals surface area contributed by atoms with E-state index in [-0.39, 0.29) is 17.9 Å². The van der Waals surface area contributed by atoms with Gasteiger partial charge in [-0.3, -0.25) is 19.5 Å². The molecule has 148 valence electrons. The first-order valence-corrected chi connectivity index (χ1v) is 8.84. The number of ether oxygens (including phenoxy) is 1. The maximum atomic E-state index is 12.8. The molecule has 0 saturated carbocycles. The van der Waals surface area contributed by atoms with Crippen molar-refractivity contribution in [2.75, 3.05) is 26.3 Å². The summed E-state index contributed by atoms with van der Waals surface area (Å²) in [7, 11) is 0. The monoisotopic (exact) mass is 394 g/mol. The number of aromatic nitrogens is 1. The van der Waals surface area contributed by atoms with Gasteiger partial charge in [-0.05, 0) is 30.3 Å². The van der Waals surface area contributed by atoms with Crippen molar-refractivity contribution in [3.8, 4) is 17.5 Å². The number of non-ortho nitro benzene ring substituents is 1. The summed E-state index contributed by atoms with van der Waals surface area (Å²) in [5.41, 5.74) is 0.281. The number of aliphatic hydroxyl groups is 1. The lowest BCUT2D eigenvalue weighted by Crippen LogP contribution is -2.24. The number of aliphatic hydroxyl groups excluding tert-OH is 1. The van der Waals surface area contributed by atoms with Gasteiger partial charge in [0.2, 0.25) is 0 Å². The smallest absolute Gasteiger partial charge is 0.273 e. The fraction of sp³-hybridized carbons (Fsp3) is 0.200. The van der Waals surface area contributed by atoms with E-state index in [2.05, 4.69) is 5.32 Å². The van der Waals surface area contributed by atoms with Crippen LogP contribution in [0.4, 0.5) is 5.69 Å². The van der Waals surface area contributed by atoms with Crippen LogP contribution in [0.25, 0.3) is 16.6 Å². The molecule has 2 N–H and O–H groups in total. The van der Waals surface area contributed by atoms with E-state index in [4.69, 9.17) is 9.84 Å². The van der Waals surface area contributed by atoms with Gasteiger partial charge in [0.15, 0.2) is 0 Å². The van der Waals surface area contributed by atoms with Crippen LogP contribution in [-0.2, 0) is 0 Å². The predicted molar refractivity (Wildman–Crippen MR) is 106 cm³/mol. The number of benzene rings is 2. The van der Waals surface area contributed by atoms with Crippen molar-refractivity contribution < 1.29 is 14.8 Å². The largest absolute Gasteiger partial charge is 0.492 e. The van der Waals surface area contributed by atoms with Crippen LogP contribution in [0.3, 0.4) is 0 Å². The van der Waals surface area contributed by atoms with E-state index in [1.54, 1.807) is 18.2 Å². The van der Waals surface area contributed by atoms with E-state index >= 15 is 0 Å². The van der Waals surface area contributed by atoms with Crippen molar-refractivity contribution in [2.45, 2.75) is 0 Å². The molecule has 3 rings (SSSR count). The Bertz CT molecular complexity index is 1130. The number of rotatable bonds is 8. The van der Waals surface area contributed by atoms with Crippen LogP contribution < -0.4 is 15.6 Å². The molecule has 0 fully saturated rings. The summed E-state index contributed by atoms with van der Waals surface area (Å²) in [5, 5.41) is 32.6. The molecule has 0 spiro atoms. The van der Waals surface area contributed by atoms with Crippen molar-refractivity contribution in [1.82, 2.24) is 9.88 Å². The highest BCUT2D eigenvalue weighted by atomic mass is 16.6. The number of hydrogen-bond donors (Lipinski definition) is 2. The maximum absolute atomic E-state index is 12.8. The topological polar surface area (TPSA) is 130 Å². The Morgan fingerprint density at radius 3 is 2.59 bits per heavy atom. The van der Waals surface area contributed by atoms with Gasteiger partial charge in [-0.1, -0.05) is 0 Å². The lowest BCUT2D eigenvalue weighted by Gasteiger charge is -2.13. The molecule has 29 heavy (non-hydrogen) atoms. The molecule has 1 aromatic heterocycles. The highest BCUT2D eigenvalue weighted by Crippen LogP contribution is 2.24. The third kappa shape index (κ3) is 4.40. The fourth-order valence-electron chi connectivity index (χ4n) is 2.88. The zero-order valence-electron chi connectivity index (χ0n) is 15.4. The molecule has 0 atom stereocenters. The van der Waals surface area contributed by atoms with Gasteiger partial charge in [0.05, 0.1) is 17.0 Å². The molecule has 0 bridgehead atoms. The average Bonchev–Trinajstić information content (AvgIpc) is 2.73. The SMILES string of the molecule is N#Cc1cc2ccc(OCCNCCO)cc2n(-c2ccc([N+](=O)[O-])cc2)c1=O. The second kappa shape index (κ2) is 8.97. The molecule has 0 unspecified atom stereocenters. The average molecular weight is 394 g/mol. The molecule has 0 aliphatic heterocycles. The van der Waals surface area contributed by atoms with Gasteiger partial charge >= 0.3 is 0 Å². The number of fused-ring (bicyclic) bond motifs is 1. The molecular weight excluding hydrogens is 376 g/mol. The second-order valence-corrected chi connectivity index (χ2v) is 6.13. The van der Waals surface area contributed by atoms with Gasteiger partial charge < -0.3 is 15.2 Å². The van der Waals surface area contributed by atoms with E-state index in [0.29, 0.717) is 42.0 Å². The summed E-state index contributed by atoms with van der Waals surface area (Å²) in [4.78, 5) is 23.2. The zero-order valence-corrected chi connectivity index (χ0v) is 15.4. The number of nitriles is 1. The molecular formula is C20H18N4O5. The lowest BCUT2D eigenvalue weighted by molar-refractivity contribution is -0.384. The molecule has 9 heteroatoms. The van der Waals surface area contributed by atoms with E-state index in [1.165, 1.54) is 34.9 Å². The Hall–Kier alpha value is -3.74. The zero-order chi connectivity index (χ0) is 20.8. The predicted octanol–water partition coefficient (Wildman–Crippen LogP) is 1.73. The Morgan fingerprint density at radius 2 is 1.93 bits per heavy atom. The second-order valence-electron chi connectivity index (χ2n) is 6.13. The van der Waals surface area contributed by atoms with Gasteiger partial charge in [-0.25, -0.2) is 0 Å². The molecule has 1 heterocycles. The standard InChI is InChI=1S/C20H18N4O5/c21-13-15-11-14-1-6-18(29-10-8-22-7-9-25)12-19(14)23(20(15)26)16-2-4-17(5-3-16)24(27)28/h1-6,11-12,22,25H,7-10H2. The first-order chi connectivity index (χ1) is 14.0. The molecule has 0 radical (unpaired) electrons. The van der Waals surface area contributed by atoms with Gasteiger partial charge in [-0.15, -0.1) is 0 Å². The van der Waals surface area contributed by atoms with Crippen LogP contribution in [0.2, 0.25) is 0 Å². The number of nitrogens with zero attached hydrogens (tertiary/aromatic N) is 3. The number of nitro benzene ring substituents is 1. The van der Waals surface area contributed by atoms with E-state index < -0.39 is 10.5 Å². The van der Waals surface area contributed by atoms with Gasteiger partial charge in [0.1, 0.15) is 24.0 Å². The van der Waals surface area contributed by atoms with Crippen LogP contribution in [0.5, 0.6) is 5.75 Å². The molecule has 2 aromatic carbocycles. The Labute approximate surface area is 165 Å². The van der Waals surface area contributed by atoms with Crippen LogP contribution in [-0.4, -0.2) is 40.9 Å². The quantitative estimate of drug-likeness (QED) is 0.338. The Balaban J connectivity index is 2.04. The highest BCUT2D eigenvalue weighted by Gasteiger charge is 2.13. The minimum atomic E-state index is -0.521. The molecule has 9 nitrogen and oxygen atoms in total. The number of nitrogens with one attached hydrogen (secondary N) is 1. The minimum absolute atomic E-state index is 0.0299. The summed E-state index contributed by atoms with van der Waals surface area (Å²) in [5.74, 6) is 0.531. The van der Waals surface area contributed by atoms with Crippen molar-refractivity contribution in [3.05, 3.63) is 74.6 Å². The van der Waals surface area contributed by atoms with Crippen molar-refractivity contribution in [3.63, 3.8) is 0 Å². The lowest BCUT2D eigenvalue weighted by atomic mass is 10.1. The van der Waals surface area contributed by atoms with Crippen LogP contribution in [0.1, 0.15) is 5.56 Å². The summed E-state index contributed by atoms with van der Waals surface area (Å²) in [6, 6.07) is 14.1. The molecule has 0 aliphatic carbocycles.